The average molecular weight is 340 g/mol. The summed E-state index contributed by atoms with van der Waals surface area (Å²) >= 11 is 0. The predicted molar refractivity (Wildman–Crippen MR) is 75.2 cm³/mol. The molecule has 0 aliphatic rings. The lowest BCUT2D eigenvalue weighted by Gasteiger charge is -2.22. The van der Waals surface area contributed by atoms with Crippen molar-refractivity contribution >= 4 is 8.80 Å². The van der Waals surface area contributed by atoms with E-state index in [-0.39, 0.29) is 18.0 Å². The van der Waals surface area contributed by atoms with Crippen molar-refractivity contribution in [1.82, 2.24) is 0 Å². The van der Waals surface area contributed by atoms with Gasteiger partial charge >= 0.3 is 8.80 Å². The molecule has 0 aromatic heterocycles. The van der Waals surface area contributed by atoms with Crippen LogP contribution in [0.3, 0.4) is 0 Å². The van der Waals surface area contributed by atoms with Crippen molar-refractivity contribution < 1.29 is 31.2 Å². The molecule has 0 aliphatic carbocycles. The normalized spacial score (nSPS) is 12.0. The van der Waals surface area contributed by atoms with Crippen molar-refractivity contribution in [3.8, 4) is 0 Å². The maximum Gasteiger partial charge on any atom is 0.498 e. The molecule has 22 heavy (non-hydrogen) atoms. The minimum absolute atomic E-state index is 0.0304. The van der Waals surface area contributed by atoms with Gasteiger partial charge in [0.15, 0.2) is 23.3 Å². The summed E-state index contributed by atoms with van der Waals surface area (Å²) in [6.45, 7) is 4.09. The molecule has 0 bridgehead atoms. The number of hydrogen-bond donors (Lipinski definition) is 1. The van der Waals surface area contributed by atoms with Gasteiger partial charge in [0, 0.05) is 19.3 Å². The molecule has 0 saturated carbocycles. The molecule has 0 saturated heterocycles. The third-order valence-electron chi connectivity index (χ3n) is 3.11. The van der Waals surface area contributed by atoms with Crippen molar-refractivity contribution in [2.24, 2.45) is 0 Å². The van der Waals surface area contributed by atoms with Crippen molar-refractivity contribution in [3.05, 3.63) is 34.9 Å². The van der Waals surface area contributed by atoms with Gasteiger partial charge in [-0.05, 0) is 44.7 Å². The monoisotopic (exact) mass is 340 g/mol. The Hall–Kier alpha value is -0.963. The van der Waals surface area contributed by atoms with E-state index in [9.17, 15) is 22.4 Å². The van der Waals surface area contributed by atoms with Gasteiger partial charge in [-0.2, -0.15) is 0 Å². The molecule has 1 rings (SSSR count). The largest absolute Gasteiger partial charge is 0.498 e. The van der Waals surface area contributed by atoms with Crippen LogP contribution in [0.5, 0.6) is 0 Å². The number of benzene rings is 1. The Bertz CT molecular complexity index is 493. The summed E-state index contributed by atoms with van der Waals surface area (Å²) in [7, 11) is -3.23. The fraction of sp³-hybridized carbons (Fsp3) is 0.571. The Balaban J connectivity index is 2.58. The first kappa shape index (κ1) is 19.1. The van der Waals surface area contributed by atoms with Crippen LogP contribution in [0, 0.1) is 23.3 Å². The highest BCUT2D eigenvalue weighted by molar-refractivity contribution is 6.59. The summed E-state index contributed by atoms with van der Waals surface area (Å²) < 4.78 is 62.9. The summed E-state index contributed by atoms with van der Waals surface area (Å²) in [6.07, 6.45) is 0.822. The van der Waals surface area contributed by atoms with Crippen molar-refractivity contribution in [3.63, 3.8) is 0 Å². The van der Waals surface area contributed by atoms with E-state index in [1.54, 1.807) is 13.8 Å². The molecule has 0 fully saturated rings. The van der Waals surface area contributed by atoms with Gasteiger partial charge in [0.2, 0.25) is 0 Å². The van der Waals surface area contributed by atoms with Crippen LogP contribution in [-0.4, -0.2) is 26.8 Å². The van der Waals surface area contributed by atoms with Crippen molar-refractivity contribution in [1.29, 1.82) is 0 Å². The summed E-state index contributed by atoms with van der Waals surface area (Å²) in [5, 5.41) is 0. The molecule has 3 nitrogen and oxygen atoms in total. The molecule has 1 aromatic rings. The summed E-state index contributed by atoms with van der Waals surface area (Å²) in [6, 6.07) is 0.922. The molecule has 126 valence electrons. The maximum absolute atomic E-state index is 13.5. The smallest absolute Gasteiger partial charge is 0.390 e. The summed E-state index contributed by atoms with van der Waals surface area (Å²) in [4.78, 5) is 10.1. The molecule has 0 amide bonds. The Kier molecular flexibility index (Phi) is 7.47. The Labute approximate surface area is 128 Å². The van der Waals surface area contributed by atoms with Crippen LogP contribution in [0.25, 0.3) is 0 Å². The van der Waals surface area contributed by atoms with Crippen LogP contribution in [0.1, 0.15) is 32.3 Å². The topological polar surface area (TPSA) is 38.7 Å². The third-order valence-corrected chi connectivity index (χ3v) is 5.57. The molecule has 0 radical (unpaired) electrons. The van der Waals surface area contributed by atoms with Gasteiger partial charge in [0.1, 0.15) is 0 Å². The molecule has 8 heteroatoms. The van der Waals surface area contributed by atoms with E-state index < -0.39 is 32.1 Å². The molecule has 0 atom stereocenters. The SMILES string of the molecule is CCO[Si](O)(CCCCc1cc(F)c(F)c(F)c1F)OCC. The zero-order valence-corrected chi connectivity index (χ0v) is 13.6. The first-order chi connectivity index (χ1) is 10.3. The summed E-state index contributed by atoms with van der Waals surface area (Å²) in [5.74, 6) is -6.40. The molecule has 0 heterocycles. The van der Waals surface area contributed by atoms with Gasteiger partial charge < -0.3 is 13.6 Å². The van der Waals surface area contributed by atoms with E-state index >= 15 is 0 Å². The van der Waals surface area contributed by atoms with E-state index in [0.717, 1.165) is 0 Å². The molecule has 1 N–H and O–H groups in total. The number of hydrogen-bond acceptors (Lipinski definition) is 3. The molecular formula is C14H20F4O3Si. The fourth-order valence-electron chi connectivity index (χ4n) is 2.10. The second-order valence-corrected chi connectivity index (χ2v) is 7.25. The highest BCUT2D eigenvalue weighted by Gasteiger charge is 2.35. The lowest BCUT2D eigenvalue weighted by Crippen LogP contribution is -2.42. The lowest BCUT2D eigenvalue weighted by molar-refractivity contribution is 0.107. The standard InChI is InChI=1S/C14H20F4O3Si/c1-3-20-22(19,21-4-2)8-6-5-7-10-9-11(15)13(17)14(18)12(10)16/h9,19H,3-8H2,1-2H3. The van der Waals surface area contributed by atoms with Gasteiger partial charge in [-0.15, -0.1) is 0 Å². The van der Waals surface area contributed by atoms with E-state index in [1.807, 2.05) is 0 Å². The van der Waals surface area contributed by atoms with Gasteiger partial charge in [0.05, 0.1) is 0 Å². The molecule has 0 unspecified atom stereocenters. The van der Waals surface area contributed by atoms with Crippen LogP contribution in [-0.2, 0) is 15.3 Å². The highest BCUT2D eigenvalue weighted by Crippen LogP contribution is 2.21. The first-order valence-electron chi connectivity index (χ1n) is 7.16. The number of unbranched alkanes of at least 4 members (excludes halogenated alkanes) is 1. The van der Waals surface area contributed by atoms with E-state index in [0.29, 0.717) is 32.1 Å². The van der Waals surface area contributed by atoms with Crippen molar-refractivity contribution in [2.45, 2.75) is 39.2 Å². The minimum atomic E-state index is -3.23. The lowest BCUT2D eigenvalue weighted by atomic mass is 10.1. The van der Waals surface area contributed by atoms with Crippen LogP contribution < -0.4 is 0 Å². The number of aryl methyl sites for hydroxylation is 1. The second kappa shape index (κ2) is 8.61. The van der Waals surface area contributed by atoms with E-state index in [4.69, 9.17) is 8.85 Å². The molecule has 0 aliphatic heterocycles. The second-order valence-electron chi connectivity index (χ2n) is 4.75. The predicted octanol–water partition coefficient (Wildman–Crippen LogP) is 3.57. The van der Waals surface area contributed by atoms with E-state index in [2.05, 4.69) is 0 Å². The first-order valence-corrected chi connectivity index (χ1v) is 9.13. The number of halogens is 4. The molecule has 0 spiro atoms. The van der Waals surface area contributed by atoms with Gasteiger partial charge in [-0.1, -0.05) is 0 Å². The Morgan fingerprint density at radius 1 is 0.955 bits per heavy atom. The van der Waals surface area contributed by atoms with Gasteiger partial charge in [-0.3, -0.25) is 0 Å². The quantitative estimate of drug-likeness (QED) is 0.246. The Morgan fingerprint density at radius 2 is 1.55 bits per heavy atom. The maximum atomic E-state index is 13.5. The fourth-order valence-corrected chi connectivity index (χ4v) is 4.08. The van der Waals surface area contributed by atoms with Gasteiger partial charge in [0.25, 0.3) is 0 Å². The van der Waals surface area contributed by atoms with Crippen LogP contribution in [0.4, 0.5) is 17.6 Å². The van der Waals surface area contributed by atoms with Gasteiger partial charge in [-0.25, -0.2) is 17.6 Å². The van der Waals surface area contributed by atoms with E-state index in [1.165, 1.54) is 0 Å². The zero-order chi connectivity index (χ0) is 16.8. The molecule has 1 aromatic carbocycles. The number of rotatable bonds is 9. The summed E-state index contributed by atoms with van der Waals surface area (Å²) in [5.41, 5.74) is -0.227. The zero-order valence-electron chi connectivity index (χ0n) is 12.6. The van der Waals surface area contributed by atoms with Crippen LogP contribution in [0.15, 0.2) is 6.07 Å². The molecular weight excluding hydrogens is 320 g/mol. The highest BCUT2D eigenvalue weighted by atomic mass is 28.4. The average Bonchev–Trinajstić information content (AvgIpc) is 2.47. The van der Waals surface area contributed by atoms with Crippen molar-refractivity contribution in [2.75, 3.05) is 13.2 Å². The van der Waals surface area contributed by atoms with Crippen LogP contribution in [0.2, 0.25) is 6.04 Å². The van der Waals surface area contributed by atoms with Crippen LogP contribution >= 0.6 is 0 Å². The minimum Gasteiger partial charge on any atom is -0.390 e. The Morgan fingerprint density at radius 3 is 2.09 bits per heavy atom. The third kappa shape index (κ3) is 5.05.